The summed E-state index contributed by atoms with van der Waals surface area (Å²) >= 11 is 1.81. The standard InChI is InChI=1S/C7H15NOS.C2H6.H2/c1-4-10-6(2)5-7(9)8-3;1-2;/h6H,4-5H2,1-3H3,(H,8,9);1-2H3;1H. The van der Waals surface area contributed by atoms with Crippen molar-refractivity contribution in [1.82, 2.24) is 5.32 Å². The van der Waals surface area contributed by atoms with Gasteiger partial charge < -0.3 is 5.32 Å². The van der Waals surface area contributed by atoms with E-state index in [1.807, 2.05) is 25.6 Å². The summed E-state index contributed by atoms with van der Waals surface area (Å²) in [5.74, 6) is 1.21. The molecule has 3 heteroatoms. The summed E-state index contributed by atoms with van der Waals surface area (Å²) in [4.78, 5) is 10.8. The van der Waals surface area contributed by atoms with Crippen molar-refractivity contribution in [1.29, 1.82) is 0 Å². The van der Waals surface area contributed by atoms with Gasteiger partial charge in [0.1, 0.15) is 0 Å². The molecular formula is C9H23NOS. The highest BCUT2D eigenvalue weighted by Crippen LogP contribution is 2.12. The third-order valence-electron chi connectivity index (χ3n) is 1.20. The van der Waals surface area contributed by atoms with Crippen LogP contribution in [0.1, 0.15) is 35.5 Å². The van der Waals surface area contributed by atoms with Gasteiger partial charge in [-0.3, -0.25) is 4.79 Å². The van der Waals surface area contributed by atoms with E-state index in [2.05, 4.69) is 19.2 Å². The average molecular weight is 193 g/mol. The SMILES string of the molecule is CC.CCSC(C)CC(=O)NC.[HH]. The molecule has 0 aliphatic rings. The van der Waals surface area contributed by atoms with Crippen LogP contribution in [0, 0.1) is 0 Å². The number of hydrogen-bond acceptors (Lipinski definition) is 2. The molecule has 0 aromatic heterocycles. The summed E-state index contributed by atoms with van der Waals surface area (Å²) in [7, 11) is 1.67. The smallest absolute Gasteiger partial charge is 0.220 e. The average Bonchev–Trinajstić information content (AvgIpc) is 2.08. The van der Waals surface area contributed by atoms with Crippen molar-refractivity contribution < 1.29 is 6.22 Å². The van der Waals surface area contributed by atoms with Gasteiger partial charge in [-0.2, -0.15) is 11.8 Å². The maximum absolute atomic E-state index is 10.8. The van der Waals surface area contributed by atoms with E-state index in [1.54, 1.807) is 7.05 Å². The van der Waals surface area contributed by atoms with Crippen LogP contribution in [0.15, 0.2) is 0 Å². The molecule has 1 atom stereocenters. The highest BCUT2D eigenvalue weighted by Gasteiger charge is 2.05. The lowest BCUT2D eigenvalue weighted by atomic mass is 10.3. The largest absolute Gasteiger partial charge is 0.359 e. The Hall–Kier alpha value is -0.180. The molecule has 0 heterocycles. The molecule has 1 amide bonds. The van der Waals surface area contributed by atoms with Crippen molar-refractivity contribution >= 4 is 17.7 Å². The normalized spacial score (nSPS) is 11.1. The lowest BCUT2D eigenvalue weighted by Crippen LogP contribution is -2.21. The van der Waals surface area contributed by atoms with Crippen LogP contribution in [-0.2, 0) is 4.79 Å². The van der Waals surface area contributed by atoms with E-state index in [-0.39, 0.29) is 7.33 Å². The molecule has 0 saturated carbocycles. The lowest BCUT2D eigenvalue weighted by Gasteiger charge is -2.07. The van der Waals surface area contributed by atoms with Gasteiger partial charge in [-0.25, -0.2) is 0 Å². The zero-order valence-corrected chi connectivity index (χ0v) is 9.62. The van der Waals surface area contributed by atoms with Crippen LogP contribution < -0.4 is 5.32 Å². The first-order valence-corrected chi connectivity index (χ1v) is 5.57. The molecule has 76 valence electrons. The van der Waals surface area contributed by atoms with Crippen LogP contribution in [0.4, 0.5) is 0 Å². The van der Waals surface area contributed by atoms with Crippen molar-refractivity contribution in [3.8, 4) is 0 Å². The Labute approximate surface area is 82.0 Å². The molecule has 0 fully saturated rings. The molecule has 0 aromatic rings. The monoisotopic (exact) mass is 193 g/mol. The fourth-order valence-electron chi connectivity index (χ4n) is 0.707. The first kappa shape index (κ1) is 14.3. The Morgan fingerprint density at radius 2 is 2.08 bits per heavy atom. The van der Waals surface area contributed by atoms with Gasteiger partial charge in [0.05, 0.1) is 0 Å². The first-order valence-electron chi connectivity index (χ1n) is 4.52. The maximum Gasteiger partial charge on any atom is 0.220 e. The van der Waals surface area contributed by atoms with Gasteiger partial charge in [-0.05, 0) is 5.75 Å². The topological polar surface area (TPSA) is 29.1 Å². The van der Waals surface area contributed by atoms with Crippen LogP contribution in [0.2, 0.25) is 0 Å². The summed E-state index contributed by atoms with van der Waals surface area (Å²) in [6, 6.07) is 0. The van der Waals surface area contributed by atoms with E-state index < -0.39 is 0 Å². The van der Waals surface area contributed by atoms with E-state index in [9.17, 15) is 4.79 Å². The van der Waals surface area contributed by atoms with Crippen molar-refractivity contribution in [2.24, 2.45) is 0 Å². The number of thioether (sulfide) groups is 1. The summed E-state index contributed by atoms with van der Waals surface area (Å²) in [5, 5.41) is 3.05. The predicted octanol–water partition coefficient (Wildman–Crippen LogP) is 2.54. The summed E-state index contributed by atoms with van der Waals surface area (Å²) in [6.45, 7) is 8.18. The lowest BCUT2D eigenvalue weighted by molar-refractivity contribution is -0.120. The van der Waals surface area contributed by atoms with E-state index in [0.717, 1.165) is 5.75 Å². The minimum Gasteiger partial charge on any atom is -0.359 e. The van der Waals surface area contributed by atoms with E-state index >= 15 is 0 Å². The summed E-state index contributed by atoms with van der Waals surface area (Å²) in [6.07, 6.45) is 0.634. The molecule has 2 nitrogen and oxygen atoms in total. The Morgan fingerprint density at radius 1 is 1.58 bits per heavy atom. The van der Waals surface area contributed by atoms with Gasteiger partial charge in [0.2, 0.25) is 5.91 Å². The second kappa shape index (κ2) is 10.8. The van der Waals surface area contributed by atoms with Crippen LogP contribution in [0.5, 0.6) is 0 Å². The highest BCUT2D eigenvalue weighted by molar-refractivity contribution is 7.99. The fourth-order valence-corrected chi connectivity index (χ4v) is 1.54. The molecule has 1 N–H and O–H groups in total. The number of rotatable bonds is 4. The molecule has 0 aromatic carbocycles. The maximum atomic E-state index is 10.8. The Kier molecular flexibility index (Phi) is 12.9. The van der Waals surface area contributed by atoms with Gasteiger partial charge in [0, 0.05) is 20.1 Å². The van der Waals surface area contributed by atoms with Crippen molar-refractivity contribution in [2.75, 3.05) is 12.8 Å². The minimum atomic E-state index is 0. The van der Waals surface area contributed by atoms with Crippen molar-refractivity contribution in [3.05, 3.63) is 0 Å². The number of carbonyl (C=O) groups is 1. The molecule has 1 unspecified atom stereocenters. The van der Waals surface area contributed by atoms with Gasteiger partial charge in [-0.15, -0.1) is 0 Å². The quantitative estimate of drug-likeness (QED) is 0.743. The number of amides is 1. The fraction of sp³-hybridized carbons (Fsp3) is 0.889. The molecule has 0 radical (unpaired) electrons. The first-order chi connectivity index (χ1) is 5.70. The second-order valence-electron chi connectivity index (χ2n) is 2.14. The van der Waals surface area contributed by atoms with Crippen molar-refractivity contribution in [3.63, 3.8) is 0 Å². The van der Waals surface area contributed by atoms with E-state index in [0.29, 0.717) is 11.7 Å². The van der Waals surface area contributed by atoms with E-state index in [4.69, 9.17) is 0 Å². The molecule has 12 heavy (non-hydrogen) atoms. The third kappa shape index (κ3) is 9.82. The van der Waals surface area contributed by atoms with Crippen LogP contribution >= 0.6 is 11.8 Å². The van der Waals surface area contributed by atoms with Crippen LogP contribution in [0.25, 0.3) is 0 Å². The predicted molar refractivity (Wildman–Crippen MR) is 59.7 cm³/mol. The van der Waals surface area contributed by atoms with Gasteiger partial charge in [0.15, 0.2) is 0 Å². The molecule has 0 aliphatic heterocycles. The van der Waals surface area contributed by atoms with Crippen LogP contribution in [0.3, 0.4) is 0 Å². The molecule has 0 spiro atoms. The van der Waals surface area contributed by atoms with E-state index in [1.165, 1.54) is 0 Å². The molecular weight excluding hydrogens is 170 g/mol. The van der Waals surface area contributed by atoms with Crippen LogP contribution in [-0.4, -0.2) is 24.0 Å². The third-order valence-corrected chi connectivity index (χ3v) is 2.27. The van der Waals surface area contributed by atoms with Gasteiger partial charge in [-0.1, -0.05) is 27.7 Å². The molecule has 0 rings (SSSR count). The molecule has 0 bridgehead atoms. The van der Waals surface area contributed by atoms with Crippen molar-refractivity contribution in [2.45, 2.75) is 39.4 Å². The Bertz CT molecular complexity index is 112. The zero-order valence-electron chi connectivity index (χ0n) is 8.81. The van der Waals surface area contributed by atoms with Gasteiger partial charge >= 0.3 is 0 Å². The number of carbonyl (C=O) groups excluding carboxylic acids is 1. The van der Waals surface area contributed by atoms with Gasteiger partial charge in [0.25, 0.3) is 0 Å². The molecule has 0 aliphatic carbocycles. The Balaban J connectivity index is -0.000000309. The summed E-state index contributed by atoms with van der Waals surface area (Å²) in [5.41, 5.74) is 0. The molecule has 0 saturated heterocycles. The highest BCUT2D eigenvalue weighted by atomic mass is 32.2. The zero-order chi connectivity index (χ0) is 9.98. The number of nitrogens with one attached hydrogen (secondary N) is 1. The second-order valence-corrected chi connectivity index (χ2v) is 3.86. The number of hydrogen-bond donors (Lipinski definition) is 1. The minimum absolute atomic E-state index is 0. The summed E-state index contributed by atoms with van der Waals surface area (Å²) < 4.78 is 0. The Morgan fingerprint density at radius 3 is 2.42 bits per heavy atom.